The van der Waals surface area contributed by atoms with Crippen molar-refractivity contribution in [1.29, 1.82) is 5.26 Å². The van der Waals surface area contributed by atoms with Gasteiger partial charge < -0.3 is 0 Å². The number of aromatic nitrogens is 2. The van der Waals surface area contributed by atoms with Crippen LogP contribution in [0.4, 0.5) is 0 Å². The van der Waals surface area contributed by atoms with Crippen molar-refractivity contribution in [1.82, 2.24) is 10.2 Å². The van der Waals surface area contributed by atoms with Crippen LogP contribution < -0.4 is 0 Å². The largest absolute Gasteiger partial charge is 0.276 e. The summed E-state index contributed by atoms with van der Waals surface area (Å²) in [4.78, 5) is 0. The lowest BCUT2D eigenvalue weighted by Crippen LogP contribution is -1.80. The van der Waals surface area contributed by atoms with E-state index in [4.69, 9.17) is 5.26 Å². The fourth-order valence-electron chi connectivity index (χ4n) is 2.02. The Morgan fingerprint density at radius 1 is 0.950 bits per heavy atom. The van der Waals surface area contributed by atoms with Crippen LogP contribution >= 0.6 is 15.9 Å². The van der Waals surface area contributed by atoms with Gasteiger partial charge in [-0.3, -0.25) is 5.10 Å². The molecule has 0 aliphatic heterocycles. The number of nitrogens with one attached hydrogen (secondary N) is 1. The first-order valence-electron chi connectivity index (χ1n) is 6.09. The van der Waals surface area contributed by atoms with Gasteiger partial charge >= 0.3 is 0 Å². The Morgan fingerprint density at radius 3 is 2.30 bits per heavy atom. The van der Waals surface area contributed by atoms with Crippen molar-refractivity contribution in [2.75, 3.05) is 0 Å². The molecule has 0 aliphatic rings. The lowest BCUT2D eigenvalue weighted by molar-refractivity contribution is 1.10. The molecule has 0 spiro atoms. The van der Waals surface area contributed by atoms with E-state index >= 15 is 0 Å². The molecule has 20 heavy (non-hydrogen) atoms. The van der Waals surface area contributed by atoms with Gasteiger partial charge in [0.15, 0.2) is 0 Å². The molecule has 1 N–H and O–H groups in total. The van der Waals surface area contributed by atoms with Gasteiger partial charge in [0, 0.05) is 11.1 Å². The van der Waals surface area contributed by atoms with E-state index in [1.807, 2.05) is 42.5 Å². The highest BCUT2D eigenvalue weighted by molar-refractivity contribution is 9.10. The Hall–Kier alpha value is -2.38. The average Bonchev–Trinajstić information content (AvgIpc) is 2.90. The summed E-state index contributed by atoms with van der Waals surface area (Å²) < 4.78 is 0.924. The predicted molar refractivity (Wildman–Crippen MR) is 81.9 cm³/mol. The number of aromatic amines is 1. The maximum absolute atomic E-state index is 8.83. The van der Waals surface area contributed by atoms with E-state index in [9.17, 15) is 0 Å². The van der Waals surface area contributed by atoms with Crippen LogP contribution in [-0.4, -0.2) is 10.2 Å². The smallest absolute Gasteiger partial charge is 0.107 e. The predicted octanol–water partition coefficient (Wildman–Crippen LogP) is 4.38. The number of nitriles is 1. The highest BCUT2D eigenvalue weighted by atomic mass is 79.9. The van der Waals surface area contributed by atoms with Gasteiger partial charge in [0.25, 0.3) is 0 Å². The molecule has 3 nitrogen and oxygen atoms in total. The van der Waals surface area contributed by atoms with E-state index < -0.39 is 0 Å². The summed E-state index contributed by atoms with van der Waals surface area (Å²) in [5.74, 6) is 0. The molecule has 1 heterocycles. The number of nitrogens with zero attached hydrogens (tertiary/aromatic N) is 2. The van der Waals surface area contributed by atoms with E-state index in [0.717, 1.165) is 27.0 Å². The standard InChI is InChI=1S/C16H10BrN3/c17-14-15(12-4-2-1-3-5-12)19-20-16(14)13-8-6-11(10-18)7-9-13/h1-9H,(H,19,20). The van der Waals surface area contributed by atoms with Gasteiger partial charge in [0.1, 0.15) is 5.69 Å². The summed E-state index contributed by atoms with van der Waals surface area (Å²) in [6.45, 7) is 0. The molecule has 0 amide bonds. The molecule has 1 aromatic heterocycles. The van der Waals surface area contributed by atoms with Gasteiger partial charge in [0.2, 0.25) is 0 Å². The van der Waals surface area contributed by atoms with Crippen LogP contribution in [0.5, 0.6) is 0 Å². The number of rotatable bonds is 2. The van der Waals surface area contributed by atoms with Crippen LogP contribution in [0.3, 0.4) is 0 Å². The molecule has 3 aromatic rings. The van der Waals surface area contributed by atoms with Crippen molar-refractivity contribution in [3.63, 3.8) is 0 Å². The van der Waals surface area contributed by atoms with Gasteiger partial charge in [-0.15, -0.1) is 0 Å². The molecule has 0 radical (unpaired) electrons. The Morgan fingerprint density at radius 2 is 1.65 bits per heavy atom. The number of hydrogen-bond acceptors (Lipinski definition) is 2. The van der Waals surface area contributed by atoms with Crippen LogP contribution in [-0.2, 0) is 0 Å². The Kier molecular flexibility index (Phi) is 3.36. The Labute approximate surface area is 125 Å². The van der Waals surface area contributed by atoms with Crippen molar-refractivity contribution in [2.45, 2.75) is 0 Å². The van der Waals surface area contributed by atoms with Crippen LogP contribution in [0.1, 0.15) is 5.56 Å². The minimum atomic E-state index is 0.646. The number of benzene rings is 2. The van der Waals surface area contributed by atoms with Gasteiger partial charge in [-0.2, -0.15) is 10.4 Å². The van der Waals surface area contributed by atoms with Crippen molar-refractivity contribution >= 4 is 15.9 Å². The zero-order valence-electron chi connectivity index (χ0n) is 10.5. The highest BCUT2D eigenvalue weighted by Crippen LogP contribution is 2.34. The van der Waals surface area contributed by atoms with E-state index in [2.05, 4.69) is 32.2 Å². The molecule has 3 rings (SSSR count). The number of H-pyrrole nitrogens is 1. The third-order valence-corrected chi connectivity index (χ3v) is 3.83. The zero-order chi connectivity index (χ0) is 13.9. The van der Waals surface area contributed by atoms with Crippen molar-refractivity contribution in [3.05, 3.63) is 64.6 Å². The molecule has 0 fully saturated rings. The molecule has 96 valence electrons. The van der Waals surface area contributed by atoms with Crippen LogP contribution in [0.25, 0.3) is 22.5 Å². The normalized spacial score (nSPS) is 10.2. The summed E-state index contributed by atoms with van der Waals surface area (Å²) in [6.07, 6.45) is 0. The molecule has 0 bridgehead atoms. The Balaban J connectivity index is 2.04. The minimum Gasteiger partial charge on any atom is -0.276 e. The maximum Gasteiger partial charge on any atom is 0.107 e. The topological polar surface area (TPSA) is 52.5 Å². The van der Waals surface area contributed by atoms with Gasteiger partial charge in [-0.1, -0.05) is 42.5 Å². The maximum atomic E-state index is 8.83. The minimum absolute atomic E-state index is 0.646. The summed E-state index contributed by atoms with van der Waals surface area (Å²) in [5, 5.41) is 16.2. The van der Waals surface area contributed by atoms with E-state index in [1.54, 1.807) is 12.1 Å². The Bertz CT molecular complexity index is 768. The molecule has 2 aromatic carbocycles. The summed E-state index contributed by atoms with van der Waals surface area (Å²) >= 11 is 3.60. The van der Waals surface area contributed by atoms with Crippen LogP contribution in [0.2, 0.25) is 0 Å². The molecule has 0 unspecified atom stereocenters. The molecule has 4 heteroatoms. The second kappa shape index (κ2) is 5.32. The summed E-state index contributed by atoms with van der Waals surface area (Å²) in [5.41, 5.74) is 4.48. The molecule has 0 saturated heterocycles. The highest BCUT2D eigenvalue weighted by Gasteiger charge is 2.13. The SMILES string of the molecule is N#Cc1ccc(-c2[nH]nc(-c3ccccc3)c2Br)cc1. The summed E-state index contributed by atoms with van der Waals surface area (Å²) in [7, 11) is 0. The summed E-state index contributed by atoms with van der Waals surface area (Å²) in [6, 6.07) is 19.5. The fourth-order valence-corrected chi connectivity index (χ4v) is 2.65. The molecule has 0 atom stereocenters. The van der Waals surface area contributed by atoms with Crippen molar-refractivity contribution in [3.8, 4) is 28.6 Å². The van der Waals surface area contributed by atoms with Crippen molar-refractivity contribution in [2.24, 2.45) is 0 Å². The molecular formula is C16H10BrN3. The third-order valence-electron chi connectivity index (χ3n) is 3.06. The first-order valence-corrected chi connectivity index (χ1v) is 6.88. The van der Waals surface area contributed by atoms with Crippen molar-refractivity contribution < 1.29 is 0 Å². The molecular weight excluding hydrogens is 314 g/mol. The quantitative estimate of drug-likeness (QED) is 0.760. The molecule has 0 aliphatic carbocycles. The lowest BCUT2D eigenvalue weighted by Gasteiger charge is -2.00. The van der Waals surface area contributed by atoms with Gasteiger partial charge in [-0.05, 0) is 28.1 Å². The van der Waals surface area contributed by atoms with Crippen LogP contribution in [0.15, 0.2) is 59.1 Å². The number of halogens is 1. The monoisotopic (exact) mass is 323 g/mol. The van der Waals surface area contributed by atoms with Gasteiger partial charge in [0.05, 0.1) is 21.8 Å². The second-order valence-corrected chi connectivity index (χ2v) is 5.11. The zero-order valence-corrected chi connectivity index (χ0v) is 12.1. The van der Waals surface area contributed by atoms with E-state index in [0.29, 0.717) is 5.56 Å². The third kappa shape index (κ3) is 2.24. The average molecular weight is 324 g/mol. The van der Waals surface area contributed by atoms with Crippen LogP contribution in [0, 0.1) is 11.3 Å². The van der Waals surface area contributed by atoms with E-state index in [1.165, 1.54) is 0 Å². The molecule has 0 saturated carbocycles. The number of hydrogen-bond donors (Lipinski definition) is 1. The second-order valence-electron chi connectivity index (χ2n) is 4.32. The fraction of sp³-hybridized carbons (Fsp3) is 0. The van der Waals surface area contributed by atoms with E-state index in [-0.39, 0.29) is 0 Å². The first kappa shape index (κ1) is 12.6. The van der Waals surface area contributed by atoms with Gasteiger partial charge in [-0.25, -0.2) is 0 Å². The lowest BCUT2D eigenvalue weighted by atomic mass is 10.1. The first-order chi connectivity index (χ1) is 9.79.